The summed E-state index contributed by atoms with van der Waals surface area (Å²) in [6, 6.07) is 5.32. The summed E-state index contributed by atoms with van der Waals surface area (Å²) in [5.41, 5.74) is -2.22. The van der Waals surface area contributed by atoms with E-state index >= 15 is 8.78 Å². The van der Waals surface area contributed by atoms with Crippen molar-refractivity contribution in [3.63, 3.8) is 0 Å². The number of halogens is 8. The molecule has 16 heteroatoms. The van der Waals surface area contributed by atoms with E-state index in [4.69, 9.17) is 9.47 Å². The topological polar surface area (TPSA) is 93.7 Å². The normalized spacial score (nSPS) is 16.1. The second-order valence-corrected chi connectivity index (χ2v) is 10.9. The molecule has 1 aliphatic heterocycles. The first-order valence-corrected chi connectivity index (χ1v) is 14.3. The monoisotopic (exact) mass is 682 g/mol. The van der Waals surface area contributed by atoms with Crippen LogP contribution in [0.5, 0.6) is 0 Å². The predicted octanol–water partition coefficient (Wildman–Crippen LogP) is 6.18. The van der Waals surface area contributed by atoms with Crippen molar-refractivity contribution in [2.45, 2.75) is 37.8 Å². The zero-order chi connectivity index (χ0) is 35.0. The molecule has 1 amide bonds. The molecule has 2 aromatic heterocycles. The number of pyridine rings is 2. The van der Waals surface area contributed by atoms with Gasteiger partial charge in [-0.15, -0.1) is 0 Å². The fourth-order valence-corrected chi connectivity index (χ4v) is 5.50. The standard InChI is InChI=1S/C32H26F8N4O4/c1-16-5-8-21(31(35,36)37)28(42-16)20-7-6-17(19-4-3-9-41-27(19)20)12-24(30(46)47-2)43-29(45)26-22(33)13-18(14-23(26)34)44-10-11-48-15-25(44)32(38,39)40/h3-9,13-14,24-25H,10-12,15H2,1-2H3,(H,43,45)/t24-,25+/m0/s1. The Balaban J connectivity index is 1.47. The molecule has 0 radical (unpaired) electrons. The van der Waals surface area contributed by atoms with Crippen molar-refractivity contribution in [2.24, 2.45) is 0 Å². The molecule has 2 atom stereocenters. The molecule has 1 fully saturated rings. The Labute approximate surface area is 267 Å². The lowest BCUT2D eigenvalue weighted by atomic mass is 9.95. The molecule has 1 saturated heterocycles. The minimum atomic E-state index is -4.77. The van der Waals surface area contributed by atoms with E-state index in [1.54, 1.807) is 0 Å². The lowest BCUT2D eigenvalue weighted by molar-refractivity contribution is -0.167. The number of nitrogens with one attached hydrogen (secondary N) is 1. The highest BCUT2D eigenvalue weighted by atomic mass is 19.4. The highest BCUT2D eigenvalue weighted by molar-refractivity contribution is 5.99. The second-order valence-electron chi connectivity index (χ2n) is 10.9. The van der Waals surface area contributed by atoms with E-state index in [2.05, 4.69) is 15.3 Å². The summed E-state index contributed by atoms with van der Waals surface area (Å²) < 4.78 is 122. The van der Waals surface area contributed by atoms with Gasteiger partial charge in [0.15, 0.2) is 0 Å². The largest absolute Gasteiger partial charge is 0.467 e. The Hall–Kier alpha value is -4.86. The number of hydrogen-bond donors (Lipinski definition) is 1. The lowest BCUT2D eigenvalue weighted by Crippen LogP contribution is -2.53. The maximum absolute atomic E-state index is 15.2. The van der Waals surface area contributed by atoms with E-state index in [-0.39, 0.29) is 36.3 Å². The average molecular weight is 683 g/mol. The fraction of sp³-hybridized carbons (Fsp3) is 0.312. The third kappa shape index (κ3) is 7.02. The van der Waals surface area contributed by atoms with Crippen LogP contribution in [0.2, 0.25) is 0 Å². The second kappa shape index (κ2) is 13.3. The Morgan fingerprint density at radius 3 is 2.42 bits per heavy atom. The summed E-state index contributed by atoms with van der Waals surface area (Å²) in [6.45, 7) is 0.317. The van der Waals surface area contributed by atoms with Gasteiger partial charge in [-0.3, -0.25) is 14.8 Å². The van der Waals surface area contributed by atoms with Crippen LogP contribution in [-0.2, 0) is 26.9 Å². The molecule has 1 aliphatic rings. The number of benzene rings is 2. The van der Waals surface area contributed by atoms with Gasteiger partial charge < -0.3 is 19.7 Å². The minimum absolute atomic E-state index is 0.0429. The maximum Gasteiger partial charge on any atom is 0.418 e. The summed E-state index contributed by atoms with van der Waals surface area (Å²) in [5.74, 6) is -5.39. The molecule has 8 nitrogen and oxygen atoms in total. The van der Waals surface area contributed by atoms with E-state index in [0.29, 0.717) is 28.8 Å². The number of aromatic nitrogens is 2. The molecule has 1 N–H and O–H groups in total. The van der Waals surface area contributed by atoms with Gasteiger partial charge in [-0.1, -0.05) is 18.2 Å². The van der Waals surface area contributed by atoms with Gasteiger partial charge in [0.05, 0.1) is 37.1 Å². The number of morpholine rings is 1. The average Bonchev–Trinajstić information content (AvgIpc) is 3.02. The number of esters is 1. The molecule has 0 unspecified atom stereocenters. The number of amides is 1. The minimum Gasteiger partial charge on any atom is -0.467 e. The molecule has 0 aliphatic carbocycles. The number of aryl methyl sites for hydroxylation is 1. The number of hydrogen-bond acceptors (Lipinski definition) is 7. The Bertz CT molecular complexity index is 1840. The molecule has 4 aromatic rings. The highest BCUT2D eigenvalue weighted by Crippen LogP contribution is 2.39. The summed E-state index contributed by atoms with van der Waals surface area (Å²) in [5, 5.41) is 2.50. The number of carbonyl (C=O) groups excluding carboxylic acids is 2. The van der Waals surface area contributed by atoms with Crippen LogP contribution in [0, 0.1) is 18.6 Å². The van der Waals surface area contributed by atoms with Crippen LogP contribution >= 0.6 is 0 Å². The molecule has 48 heavy (non-hydrogen) atoms. The van der Waals surface area contributed by atoms with Crippen molar-refractivity contribution < 1.29 is 54.2 Å². The Morgan fingerprint density at radius 2 is 1.77 bits per heavy atom. The molecule has 2 aromatic carbocycles. The van der Waals surface area contributed by atoms with Crippen molar-refractivity contribution in [1.82, 2.24) is 15.3 Å². The molecular formula is C32H26F8N4O4. The van der Waals surface area contributed by atoms with Crippen LogP contribution < -0.4 is 10.2 Å². The molecular weight excluding hydrogens is 656 g/mol. The SMILES string of the molecule is COC(=O)[C@H](Cc1ccc(-c2nc(C)ccc2C(F)(F)F)c2ncccc12)NC(=O)c1c(F)cc(N2CCOC[C@@H]2C(F)(F)F)cc1F. The number of carbonyl (C=O) groups is 2. The van der Waals surface area contributed by atoms with Crippen LogP contribution in [0.4, 0.5) is 40.8 Å². The summed E-state index contributed by atoms with van der Waals surface area (Å²) >= 11 is 0. The van der Waals surface area contributed by atoms with E-state index in [1.165, 1.54) is 43.5 Å². The van der Waals surface area contributed by atoms with Crippen LogP contribution in [0.15, 0.2) is 54.7 Å². The molecule has 0 saturated carbocycles. The number of nitrogens with zero attached hydrogens (tertiary/aromatic N) is 3. The number of anilines is 1. The van der Waals surface area contributed by atoms with E-state index < -0.39 is 71.4 Å². The molecule has 0 spiro atoms. The third-order valence-electron chi connectivity index (χ3n) is 7.76. The maximum atomic E-state index is 15.2. The van der Waals surface area contributed by atoms with E-state index in [0.717, 1.165) is 18.1 Å². The summed E-state index contributed by atoms with van der Waals surface area (Å²) in [7, 11) is 1.00. The number of rotatable bonds is 7. The van der Waals surface area contributed by atoms with Gasteiger partial charge in [-0.2, -0.15) is 26.3 Å². The number of ether oxygens (including phenoxy) is 2. The highest BCUT2D eigenvalue weighted by Gasteiger charge is 2.46. The van der Waals surface area contributed by atoms with Crippen molar-refractivity contribution in [3.05, 3.63) is 88.7 Å². The van der Waals surface area contributed by atoms with Crippen LogP contribution in [0.3, 0.4) is 0 Å². The fourth-order valence-electron chi connectivity index (χ4n) is 5.50. The van der Waals surface area contributed by atoms with Crippen LogP contribution in [-0.4, -0.2) is 67.0 Å². The number of fused-ring (bicyclic) bond motifs is 1. The van der Waals surface area contributed by atoms with Gasteiger partial charge in [-0.25, -0.2) is 13.6 Å². The summed E-state index contributed by atoms with van der Waals surface area (Å²) in [6.07, 6.45) is -8.51. The quantitative estimate of drug-likeness (QED) is 0.184. The first-order chi connectivity index (χ1) is 22.6. The Kier molecular flexibility index (Phi) is 9.58. The molecule has 3 heterocycles. The smallest absolute Gasteiger partial charge is 0.418 e. The van der Waals surface area contributed by atoms with E-state index in [1.807, 2.05) is 0 Å². The lowest BCUT2D eigenvalue weighted by Gasteiger charge is -2.38. The van der Waals surface area contributed by atoms with Crippen molar-refractivity contribution in [2.75, 3.05) is 31.8 Å². The van der Waals surface area contributed by atoms with Crippen molar-refractivity contribution in [1.29, 1.82) is 0 Å². The van der Waals surface area contributed by atoms with E-state index in [9.17, 15) is 35.9 Å². The van der Waals surface area contributed by atoms with Crippen LogP contribution in [0.1, 0.15) is 27.2 Å². The summed E-state index contributed by atoms with van der Waals surface area (Å²) in [4.78, 5) is 35.0. The molecule has 0 bridgehead atoms. The first-order valence-electron chi connectivity index (χ1n) is 14.3. The first kappa shape index (κ1) is 34.5. The number of alkyl halides is 6. The van der Waals surface area contributed by atoms with Gasteiger partial charge in [-0.05, 0) is 42.8 Å². The molecule has 5 rings (SSSR count). The van der Waals surface area contributed by atoms with Gasteiger partial charge in [0.25, 0.3) is 5.91 Å². The van der Waals surface area contributed by atoms with Crippen molar-refractivity contribution in [3.8, 4) is 11.3 Å². The van der Waals surface area contributed by atoms with Crippen LogP contribution in [0.25, 0.3) is 22.2 Å². The van der Waals surface area contributed by atoms with Gasteiger partial charge in [0.2, 0.25) is 0 Å². The van der Waals surface area contributed by atoms with Gasteiger partial charge in [0, 0.05) is 41.5 Å². The molecule has 254 valence electrons. The number of methoxy groups -OCH3 is 1. The van der Waals surface area contributed by atoms with Crippen molar-refractivity contribution >= 4 is 28.5 Å². The zero-order valence-corrected chi connectivity index (χ0v) is 25.2. The zero-order valence-electron chi connectivity index (χ0n) is 25.2. The predicted molar refractivity (Wildman–Crippen MR) is 156 cm³/mol. The van der Waals surface area contributed by atoms with Gasteiger partial charge in [0.1, 0.15) is 29.3 Å². The van der Waals surface area contributed by atoms with Gasteiger partial charge >= 0.3 is 18.3 Å². The Morgan fingerprint density at radius 1 is 1.06 bits per heavy atom. The third-order valence-corrected chi connectivity index (χ3v) is 7.76.